The molecule has 1 aliphatic heterocycles. The molecular formula is C36H36FN7O2. The van der Waals surface area contributed by atoms with E-state index in [9.17, 15) is 9.18 Å². The Bertz CT molecular complexity index is 2050. The summed E-state index contributed by atoms with van der Waals surface area (Å²) in [5.41, 5.74) is 12.0. The Morgan fingerprint density at radius 3 is 2.61 bits per heavy atom. The van der Waals surface area contributed by atoms with Crippen LogP contribution in [0.2, 0.25) is 0 Å². The first-order valence-corrected chi connectivity index (χ1v) is 15.9. The quantitative estimate of drug-likeness (QED) is 0.232. The first-order chi connectivity index (χ1) is 22.4. The van der Waals surface area contributed by atoms with Crippen molar-refractivity contribution >= 4 is 27.8 Å². The Morgan fingerprint density at radius 1 is 1.02 bits per heavy atom. The number of para-hydroxylation sites is 2. The lowest BCUT2D eigenvalue weighted by atomic mass is 10.0. The zero-order valence-electron chi connectivity index (χ0n) is 25.7. The molecule has 1 aliphatic carbocycles. The van der Waals surface area contributed by atoms with Crippen molar-refractivity contribution in [3.8, 4) is 23.0 Å². The molecule has 2 aliphatic rings. The van der Waals surface area contributed by atoms with Gasteiger partial charge in [0, 0.05) is 47.4 Å². The topological polar surface area (TPSA) is 96.1 Å². The molecule has 3 aromatic heterocycles. The van der Waals surface area contributed by atoms with Crippen molar-refractivity contribution in [3.63, 3.8) is 0 Å². The highest BCUT2D eigenvalue weighted by Crippen LogP contribution is 2.39. The van der Waals surface area contributed by atoms with E-state index < -0.39 is 12.2 Å². The highest BCUT2D eigenvalue weighted by atomic mass is 19.1. The van der Waals surface area contributed by atoms with Crippen LogP contribution in [0, 0.1) is 5.92 Å². The molecule has 1 amide bonds. The summed E-state index contributed by atoms with van der Waals surface area (Å²) in [4.78, 5) is 20.4. The minimum atomic E-state index is -1.14. The molecule has 3 aromatic carbocycles. The van der Waals surface area contributed by atoms with Gasteiger partial charge in [-0.05, 0) is 61.6 Å². The number of halogens is 1. The SMILES string of the molecule is COc1cc(C(=O)N2C[C@H](N)C[C@@H](F)C2)cc2nc(-c3cc4ccccc4n3CC3CC3)n(Cc3cnn(-c4ccccc4)c3)c12. The van der Waals surface area contributed by atoms with Crippen molar-refractivity contribution in [1.82, 2.24) is 28.8 Å². The van der Waals surface area contributed by atoms with E-state index in [1.807, 2.05) is 47.4 Å². The summed E-state index contributed by atoms with van der Waals surface area (Å²) >= 11 is 0. The van der Waals surface area contributed by atoms with Gasteiger partial charge in [-0.3, -0.25) is 4.79 Å². The van der Waals surface area contributed by atoms with E-state index in [0.29, 0.717) is 35.8 Å². The van der Waals surface area contributed by atoms with Crippen LogP contribution in [-0.4, -0.2) is 67.1 Å². The van der Waals surface area contributed by atoms with Gasteiger partial charge in [-0.25, -0.2) is 14.1 Å². The molecule has 46 heavy (non-hydrogen) atoms. The van der Waals surface area contributed by atoms with E-state index in [0.717, 1.165) is 40.2 Å². The summed E-state index contributed by atoms with van der Waals surface area (Å²) in [6.45, 7) is 1.74. The number of rotatable bonds is 8. The summed E-state index contributed by atoms with van der Waals surface area (Å²) in [6, 6.07) is 23.8. The maximum Gasteiger partial charge on any atom is 0.254 e. The fourth-order valence-electron chi connectivity index (χ4n) is 6.78. The third kappa shape index (κ3) is 5.22. The first-order valence-electron chi connectivity index (χ1n) is 15.9. The summed E-state index contributed by atoms with van der Waals surface area (Å²) in [6.07, 6.45) is 5.46. The van der Waals surface area contributed by atoms with Crippen molar-refractivity contribution in [3.05, 3.63) is 96.3 Å². The monoisotopic (exact) mass is 617 g/mol. The molecule has 1 saturated carbocycles. The molecule has 2 N–H and O–H groups in total. The molecule has 9 nitrogen and oxygen atoms in total. The second-order valence-electron chi connectivity index (χ2n) is 12.6. The van der Waals surface area contributed by atoms with Gasteiger partial charge in [0.25, 0.3) is 5.91 Å². The third-order valence-electron chi connectivity index (χ3n) is 9.17. The maximum absolute atomic E-state index is 14.4. The lowest BCUT2D eigenvalue weighted by Crippen LogP contribution is -2.50. The smallest absolute Gasteiger partial charge is 0.254 e. The van der Waals surface area contributed by atoms with Crippen molar-refractivity contribution in [2.45, 2.75) is 44.6 Å². The van der Waals surface area contributed by atoms with Gasteiger partial charge in [0.05, 0.1) is 43.3 Å². The number of imidazole rings is 1. The molecule has 1 saturated heterocycles. The number of nitrogens with zero attached hydrogens (tertiary/aromatic N) is 6. The fourth-order valence-corrected chi connectivity index (χ4v) is 6.78. The maximum atomic E-state index is 14.4. The van der Waals surface area contributed by atoms with Gasteiger partial charge in [0.2, 0.25) is 0 Å². The van der Waals surface area contributed by atoms with E-state index >= 15 is 0 Å². The number of carbonyl (C=O) groups excluding carboxylic acids is 1. The number of piperidine rings is 1. The number of aromatic nitrogens is 5. The van der Waals surface area contributed by atoms with E-state index in [-0.39, 0.29) is 18.9 Å². The number of carbonyl (C=O) groups is 1. The molecule has 0 radical (unpaired) electrons. The molecule has 2 fully saturated rings. The number of hydrogen-bond donors (Lipinski definition) is 1. The number of amides is 1. The van der Waals surface area contributed by atoms with E-state index in [1.165, 1.54) is 23.3 Å². The van der Waals surface area contributed by atoms with Crippen molar-refractivity contribution in [1.29, 1.82) is 0 Å². The Morgan fingerprint density at radius 2 is 1.83 bits per heavy atom. The second kappa shape index (κ2) is 11.4. The summed E-state index contributed by atoms with van der Waals surface area (Å²) in [5.74, 6) is 1.68. The number of hydrogen-bond acceptors (Lipinski definition) is 5. The molecule has 4 heterocycles. The molecule has 6 aromatic rings. The third-order valence-corrected chi connectivity index (χ3v) is 9.17. The van der Waals surface area contributed by atoms with Crippen LogP contribution >= 0.6 is 0 Å². The number of likely N-dealkylation sites (tertiary alicyclic amines) is 1. The Labute approximate surface area is 266 Å². The minimum Gasteiger partial charge on any atom is -0.494 e. The van der Waals surface area contributed by atoms with E-state index in [1.54, 1.807) is 19.2 Å². The Hall–Kier alpha value is -4.96. The summed E-state index contributed by atoms with van der Waals surface area (Å²) in [5, 5.41) is 5.80. The molecule has 0 bridgehead atoms. The molecule has 2 atom stereocenters. The number of methoxy groups -OCH3 is 1. The zero-order chi connectivity index (χ0) is 31.4. The second-order valence-corrected chi connectivity index (χ2v) is 12.6. The summed E-state index contributed by atoms with van der Waals surface area (Å²) < 4.78 is 26.8. The average Bonchev–Trinajstić information content (AvgIpc) is 3.47. The van der Waals surface area contributed by atoms with Crippen molar-refractivity contribution in [2.24, 2.45) is 11.7 Å². The lowest BCUT2D eigenvalue weighted by molar-refractivity contribution is 0.0606. The zero-order valence-corrected chi connectivity index (χ0v) is 25.7. The predicted octanol–water partition coefficient (Wildman–Crippen LogP) is 5.82. The van der Waals surface area contributed by atoms with Gasteiger partial charge in [0.1, 0.15) is 17.4 Å². The summed E-state index contributed by atoms with van der Waals surface area (Å²) in [7, 11) is 1.60. The molecule has 234 valence electrons. The van der Waals surface area contributed by atoms with Crippen LogP contribution < -0.4 is 10.5 Å². The first kappa shape index (κ1) is 28.5. The van der Waals surface area contributed by atoms with E-state index in [4.69, 9.17) is 15.5 Å². The standard InChI is InChI=1S/C36H36FN7O2/c1-46-33-15-26(36(45)41-21-27(37)16-28(38)22-41)13-30-34(33)43(19-24-17-39-44(20-24)29-8-3-2-4-9-29)35(40-30)32-14-25-7-5-6-10-31(25)42(32)18-23-11-12-23/h2-10,13-15,17,20,23,27-28H,11-12,16,18-19,21-22,38H2,1H3/t27-,28-/m1/s1. The van der Waals surface area contributed by atoms with Crippen LogP contribution in [0.25, 0.3) is 39.1 Å². The molecule has 0 spiro atoms. The normalized spacial score (nSPS) is 18.5. The van der Waals surface area contributed by atoms with Gasteiger partial charge in [0.15, 0.2) is 5.82 Å². The van der Waals surface area contributed by atoms with Gasteiger partial charge in [-0.2, -0.15) is 5.10 Å². The Balaban J connectivity index is 1.29. The van der Waals surface area contributed by atoms with Crippen LogP contribution in [0.15, 0.2) is 85.2 Å². The van der Waals surface area contributed by atoms with Crippen LogP contribution in [-0.2, 0) is 13.1 Å². The van der Waals surface area contributed by atoms with Crippen molar-refractivity contribution in [2.75, 3.05) is 20.2 Å². The predicted molar refractivity (Wildman–Crippen MR) is 176 cm³/mol. The lowest BCUT2D eigenvalue weighted by Gasteiger charge is -2.33. The van der Waals surface area contributed by atoms with Crippen LogP contribution in [0.1, 0.15) is 35.2 Å². The van der Waals surface area contributed by atoms with Gasteiger partial charge in [-0.1, -0.05) is 36.4 Å². The van der Waals surface area contributed by atoms with Gasteiger partial charge < -0.3 is 24.5 Å². The number of ether oxygens (including phenoxy) is 1. The van der Waals surface area contributed by atoms with Gasteiger partial charge >= 0.3 is 0 Å². The van der Waals surface area contributed by atoms with Gasteiger partial charge in [-0.15, -0.1) is 0 Å². The van der Waals surface area contributed by atoms with Crippen LogP contribution in [0.5, 0.6) is 5.75 Å². The highest BCUT2D eigenvalue weighted by Gasteiger charge is 2.31. The van der Waals surface area contributed by atoms with Crippen LogP contribution in [0.3, 0.4) is 0 Å². The average molecular weight is 618 g/mol. The number of fused-ring (bicyclic) bond motifs is 2. The van der Waals surface area contributed by atoms with Crippen LogP contribution in [0.4, 0.5) is 4.39 Å². The molecule has 10 heteroatoms. The molecule has 0 unspecified atom stereocenters. The number of benzene rings is 3. The number of alkyl halides is 1. The Kier molecular flexibility index (Phi) is 7.09. The number of nitrogens with two attached hydrogens (primary N) is 1. The molecule has 8 rings (SSSR count). The minimum absolute atomic E-state index is 0.0270. The highest BCUT2D eigenvalue weighted by molar-refractivity contribution is 6.00. The van der Waals surface area contributed by atoms with E-state index in [2.05, 4.69) is 44.6 Å². The largest absolute Gasteiger partial charge is 0.494 e. The molecular weight excluding hydrogens is 581 g/mol. The van der Waals surface area contributed by atoms with Crippen molar-refractivity contribution < 1.29 is 13.9 Å². The fraction of sp³-hybridized carbons (Fsp3) is 0.306.